The number of aryl methyl sites for hydroxylation is 1. The van der Waals surface area contributed by atoms with E-state index in [1.165, 1.54) is 0 Å². The zero-order chi connectivity index (χ0) is 17.6. The van der Waals surface area contributed by atoms with Crippen molar-refractivity contribution in [1.29, 1.82) is 0 Å². The van der Waals surface area contributed by atoms with Crippen molar-refractivity contribution < 1.29 is 4.79 Å². The number of aromatic nitrogens is 2. The van der Waals surface area contributed by atoms with Crippen molar-refractivity contribution in [2.45, 2.75) is 32.1 Å². The maximum atomic E-state index is 12.4. The van der Waals surface area contributed by atoms with E-state index in [2.05, 4.69) is 16.8 Å². The number of allylic oxidation sites excluding steroid dienone is 2. The molecule has 2 aliphatic carbocycles. The minimum Gasteiger partial charge on any atom is -0.308 e. The first kappa shape index (κ1) is 15.7. The first-order valence-electron chi connectivity index (χ1n) is 8.61. The summed E-state index contributed by atoms with van der Waals surface area (Å²) < 4.78 is 0. The topological polar surface area (TPSA) is 47.2 Å². The Kier molecular flexibility index (Phi) is 3.54. The monoisotopic (exact) mass is 329 g/mol. The van der Waals surface area contributed by atoms with E-state index in [9.17, 15) is 4.79 Å². The number of carbonyl (C=O) groups is 1. The largest absolute Gasteiger partial charge is 0.308 e. The molecule has 4 nitrogen and oxygen atoms in total. The molecule has 0 unspecified atom stereocenters. The van der Waals surface area contributed by atoms with E-state index in [-0.39, 0.29) is 23.3 Å². The molecule has 2 aromatic rings. The number of rotatable bonds is 1. The molecule has 0 aliphatic heterocycles. The lowest BCUT2D eigenvalue weighted by atomic mass is 9.58. The molecular weight excluding hydrogens is 310 g/mol. The lowest BCUT2D eigenvalue weighted by Crippen LogP contribution is -2.45. The highest BCUT2D eigenvalue weighted by atomic mass is 16.1. The summed E-state index contributed by atoms with van der Waals surface area (Å²) in [5, 5.41) is 0. The maximum absolute atomic E-state index is 12.4. The van der Waals surface area contributed by atoms with Crippen LogP contribution in [0.1, 0.15) is 31.5 Å². The smallest absolute Gasteiger partial charge is 0.226 e. The van der Waals surface area contributed by atoms with Crippen LogP contribution in [0.3, 0.4) is 0 Å². The van der Waals surface area contributed by atoms with Crippen LogP contribution < -0.4 is 0 Å². The summed E-state index contributed by atoms with van der Waals surface area (Å²) in [6.07, 6.45) is 5.57. The number of nitrogens with zero attached hydrogens (tertiary/aromatic N) is 3. The summed E-state index contributed by atoms with van der Waals surface area (Å²) in [6.45, 7) is 11.4. The Labute approximate surface area is 147 Å². The van der Waals surface area contributed by atoms with Crippen LogP contribution >= 0.6 is 0 Å². The van der Waals surface area contributed by atoms with Gasteiger partial charge >= 0.3 is 0 Å². The average Bonchev–Trinajstić information content (AvgIpc) is 2.65. The zero-order valence-corrected chi connectivity index (χ0v) is 14.4. The molecule has 25 heavy (non-hydrogen) atoms. The first-order valence-corrected chi connectivity index (χ1v) is 8.61. The standard InChI is InChI=1S/C21H19N3O/c1-13-16-10-9-15-12-23-20(14-7-5-4-6-8-14)24-19(15)21(16,2)11-17(22-3)18(13)25/h4-8,11-13,16H,9-10H2,1-2H3/t13-,16-,21-/m0/s1. The van der Waals surface area contributed by atoms with Crippen LogP contribution in [-0.2, 0) is 16.6 Å². The van der Waals surface area contributed by atoms with Crippen LogP contribution in [-0.4, -0.2) is 15.8 Å². The van der Waals surface area contributed by atoms with E-state index in [0.29, 0.717) is 5.82 Å². The molecule has 0 radical (unpaired) electrons. The lowest BCUT2D eigenvalue weighted by Gasteiger charge is -2.45. The van der Waals surface area contributed by atoms with Gasteiger partial charge in [-0.2, -0.15) is 0 Å². The normalized spacial score (nSPS) is 27.7. The van der Waals surface area contributed by atoms with Crippen molar-refractivity contribution in [3.05, 3.63) is 71.0 Å². The van der Waals surface area contributed by atoms with Gasteiger partial charge in [-0.1, -0.05) is 50.3 Å². The molecule has 3 atom stereocenters. The molecule has 1 aromatic heterocycles. The number of hydrogen-bond acceptors (Lipinski definition) is 3. The molecular formula is C21H19N3O. The Bertz CT molecular complexity index is 926. The van der Waals surface area contributed by atoms with Crippen LogP contribution in [0.5, 0.6) is 0 Å². The van der Waals surface area contributed by atoms with Gasteiger partial charge < -0.3 is 4.79 Å². The van der Waals surface area contributed by atoms with Gasteiger partial charge in [0.2, 0.25) is 5.70 Å². The predicted octanol–water partition coefficient (Wildman–Crippen LogP) is 3.99. The summed E-state index contributed by atoms with van der Waals surface area (Å²) in [7, 11) is 0. The van der Waals surface area contributed by atoms with E-state index in [4.69, 9.17) is 11.6 Å². The molecule has 2 aliphatic rings. The highest BCUT2D eigenvalue weighted by Crippen LogP contribution is 2.49. The third kappa shape index (κ3) is 2.31. The van der Waals surface area contributed by atoms with E-state index >= 15 is 0 Å². The Balaban J connectivity index is 1.91. The molecule has 0 saturated carbocycles. The van der Waals surface area contributed by atoms with Crippen molar-refractivity contribution in [3.8, 4) is 11.4 Å². The zero-order valence-electron chi connectivity index (χ0n) is 14.4. The van der Waals surface area contributed by atoms with Crippen molar-refractivity contribution in [2.24, 2.45) is 11.8 Å². The van der Waals surface area contributed by atoms with Gasteiger partial charge in [-0.25, -0.2) is 14.8 Å². The van der Waals surface area contributed by atoms with Gasteiger partial charge in [0.15, 0.2) is 11.6 Å². The molecule has 0 fully saturated rings. The molecule has 4 heteroatoms. The van der Waals surface area contributed by atoms with Gasteiger partial charge in [0.1, 0.15) is 0 Å². The number of Topliss-reactive ketones (excluding diaryl/α,β-unsaturated/α-hetero) is 1. The van der Waals surface area contributed by atoms with E-state index < -0.39 is 5.41 Å². The third-order valence-electron chi connectivity index (χ3n) is 5.73. The summed E-state index contributed by atoms with van der Waals surface area (Å²) in [4.78, 5) is 25.4. The summed E-state index contributed by atoms with van der Waals surface area (Å²) >= 11 is 0. The lowest BCUT2D eigenvalue weighted by molar-refractivity contribution is -0.121. The number of ketones is 1. The molecule has 124 valence electrons. The molecule has 4 rings (SSSR count). The van der Waals surface area contributed by atoms with Crippen LogP contribution in [0.2, 0.25) is 0 Å². The molecule has 0 N–H and O–H groups in total. The van der Waals surface area contributed by atoms with E-state index in [1.807, 2.05) is 49.5 Å². The molecule has 0 amide bonds. The first-order chi connectivity index (χ1) is 12.0. The fourth-order valence-electron chi connectivity index (χ4n) is 4.37. The predicted molar refractivity (Wildman–Crippen MR) is 95.5 cm³/mol. The maximum Gasteiger partial charge on any atom is 0.226 e. The SMILES string of the molecule is [C-]#[N+]C1=C[C@]2(C)c3nc(-c4ccccc4)ncc3CC[C@H]2[C@H](C)C1=O. The molecule has 1 aromatic carbocycles. The van der Waals surface area contributed by atoms with Gasteiger partial charge in [0, 0.05) is 23.1 Å². The molecule has 0 bridgehead atoms. The molecule has 0 saturated heterocycles. The number of carbonyl (C=O) groups excluding carboxylic acids is 1. The van der Waals surface area contributed by atoms with Crippen LogP contribution in [0.15, 0.2) is 48.3 Å². The number of hydrogen-bond donors (Lipinski definition) is 0. The van der Waals surface area contributed by atoms with Gasteiger partial charge in [-0.05, 0) is 24.3 Å². The van der Waals surface area contributed by atoms with Crippen molar-refractivity contribution in [2.75, 3.05) is 0 Å². The molecule has 0 spiro atoms. The second-order valence-electron chi connectivity index (χ2n) is 7.16. The fourth-order valence-corrected chi connectivity index (χ4v) is 4.37. The van der Waals surface area contributed by atoms with Gasteiger partial charge in [0.25, 0.3) is 0 Å². The Morgan fingerprint density at radius 1 is 1.28 bits per heavy atom. The Morgan fingerprint density at radius 2 is 2.04 bits per heavy atom. The minimum absolute atomic E-state index is 0.0294. The average molecular weight is 329 g/mol. The van der Waals surface area contributed by atoms with Crippen LogP contribution in [0.25, 0.3) is 16.2 Å². The van der Waals surface area contributed by atoms with E-state index in [0.717, 1.165) is 29.7 Å². The van der Waals surface area contributed by atoms with Crippen LogP contribution in [0, 0.1) is 18.4 Å². The van der Waals surface area contributed by atoms with Crippen molar-refractivity contribution in [1.82, 2.24) is 9.97 Å². The second kappa shape index (κ2) is 5.63. The highest BCUT2D eigenvalue weighted by molar-refractivity contribution is 6.00. The molecule has 1 heterocycles. The quantitative estimate of drug-likeness (QED) is 0.743. The van der Waals surface area contributed by atoms with Crippen molar-refractivity contribution in [3.63, 3.8) is 0 Å². The minimum atomic E-state index is -0.396. The fraction of sp³-hybridized carbons (Fsp3) is 0.333. The summed E-state index contributed by atoms with van der Waals surface area (Å²) in [5.41, 5.74) is 2.93. The highest BCUT2D eigenvalue weighted by Gasteiger charge is 2.48. The van der Waals surface area contributed by atoms with Gasteiger partial charge in [-0.3, -0.25) is 0 Å². The Morgan fingerprint density at radius 3 is 2.76 bits per heavy atom. The third-order valence-corrected chi connectivity index (χ3v) is 5.73. The summed E-state index contributed by atoms with van der Waals surface area (Å²) in [6, 6.07) is 9.91. The van der Waals surface area contributed by atoms with Gasteiger partial charge in [0.05, 0.1) is 12.3 Å². The number of benzene rings is 1. The van der Waals surface area contributed by atoms with E-state index in [1.54, 1.807) is 0 Å². The number of fused-ring (bicyclic) bond motifs is 3. The van der Waals surface area contributed by atoms with Crippen molar-refractivity contribution >= 4 is 5.78 Å². The second-order valence-corrected chi connectivity index (χ2v) is 7.16. The Hall–Kier alpha value is -2.80. The van der Waals surface area contributed by atoms with Crippen LogP contribution in [0.4, 0.5) is 0 Å². The van der Waals surface area contributed by atoms with Gasteiger partial charge in [-0.15, -0.1) is 0 Å². The summed E-state index contributed by atoms with van der Waals surface area (Å²) in [5.74, 6) is 0.695.